The van der Waals surface area contributed by atoms with Crippen LogP contribution in [0.15, 0.2) is 12.1 Å². The van der Waals surface area contributed by atoms with Crippen LogP contribution in [0.3, 0.4) is 0 Å². The van der Waals surface area contributed by atoms with Crippen LogP contribution in [0.5, 0.6) is 5.75 Å². The number of hydrogen-bond donors (Lipinski definition) is 2. The number of nitrogens with one attached hydrogen (secondary N) is 1. The van der Waals surface area contributed by atoms with Crippen LogP contribution in [0.25, 0.3) is 0 Å². The first-order valence-corrected chi connectivity index (χ1v) is 10.5. The number of aliphatic hydroxyl groups is 1. The Morgan fingerprint density at radius 1 is 1.22 bits per heavy atom. The molecule has 1 aliphatic carbocycles. The molecule has 170 valence electrons. The van der Waals surface area contributed by atoms with Gasteiger partial charge in [0.25, 0.3) is 5.91 Å². The summed E-state index contributed by atoms with van der Waals surface area (Å²) in [5, 5.41) is 12.9. The van der Waals surface area contributed by atoms with Gasteiger partial charge in [-0.2, -0.15) is 4.98 Å². The number of carbonyl (C=O) groups excluding carboxylic acids is 1. The smallest absolute Gasteiger partial charge is 0.252 e. The van der Waals surface area contributed by atoms with Gasteiger partial charge < -0.3 is 25.0 Å². The zero-order valence-corrected chi connectivity index (χ0v) is 17.3. The van der Waals surface area contributed by atoms with E-state index in [0.29, 0.717) is 36.8 Å². The Morgan fingerprint density at radius 2 is 1.94 bits per heavy atom. The number of hydrogen-bond acceptors (Lipinski definition) is 7. The largest absolute Gasteiger partial charge is 0.490 e. The molecule has 1 amide bonds. The summed E-state index contributed by atoms with van der Waals surface area (Å²) in [6.45, 7) is 0.269. The standard InChI is InChI=1S/C21H22F3N5O3/c1-28-16(9-30)20(31)29-4-2-3-15-18(29)19(28)27-21(26-15)25-10-5-11(6-10)32-12-7-13(22)17(24)14(23)8-12/h7-8,10-11,16,30H,2-6,9H2,1H3,(H,25,26,27)/t10?,11?,16-/m0/s1. The van der Waals surface area contributed by atoms with Crippen molar-refractivity contribution in [3.63, 3.8) is 0 Å². The van der Waals surface area contributed by atoms with Gasteiger partial charge >= 0.3 is 0 Å². The molecule has 0 radical (unpaired) electrons. The van der Waals surface area contributed by atoms with Crippen LogP contribution in [-0.4, -0.2) is 59.4 Å². The average Bonchev–Trinajstić information content (AvgIpc) is 2.74. The van der Waals surface area contributed by atoms with Crippen molar-refractivity contribution in [3.05, 3.63) is 35.3 Å². The predicted octanol–water partition coefficient (Wildman–Crippen LogP) is 2.01. The minimum absolute atomic E-state index is 0.00995. The van der Waals surface area contributed by atoms with E-state index in [2.05, 4.69) is 15.3 Å². The highest BCUT2D eigenvalue weighted by Crippen LogP contribution is 2.40. The number of benzene rings is 1. The number of ether oxygens (including phenoxy) is 1. The van der Waals surface area contributed by atoms with E-state index in [-0.39, 0.29) is 30.4 Å². The highest BCUT2D eigenvalue weighted by molar-refractivity contribution is 6.05. The summed E-state index contributed by atoms with van der Waals surface area (Å²) in [5.74, 6) is -3.29. The summed E-state index contributed by atoms with van der Waals surface area (Å²) in [6.07, 6.45) is 2.33. The lowest BCUT2D eigenvalue weighted by atomic mass is 9.89. The number of rotatable bonds is 5. The maximum absolute atomic E-state index is 13.4. The monoisotopic (exact) mass is 449 g/mol. The first kappa shape index (κ1) is 20.8. The number of anilines is 3. The summed E-state index contributed by atoms with van der Waals surface area (Å²) in [4.78, 5) is 25.2. The fourth-order valence-corrected chi connectivity index (χ4v) is 4.43. The number of aryl methyl sites for hydroxylation is 1. The molecule has 1 atom stereocenters. The Kier molecular flexibility index (Phi) is 5.07. The third kappa shape index (κ3) is 3.40. The number of likely N-dealkylation sites (N-methyl/N-ethyl adjacent to an activating group) is 1. The van der Waals surface area contributed by atoms with Gasteiger partial charge in [0.15, 0.2) is 23.3 Å². The maximum atomic E-state index is 13.4. The third-order valence-electron chi connectivity index (χ3n) is 6.22. The van der Waals surface area contributed by atoms with Crippen LogP contribution in [0.4, 0.5) is 30.6 Å². The molecule has 0 saturated heterocycles. The summed E-state index contributed by atoms with van der Waals surface area (Å²) in [5.41, 5.74) is 1.49. The number of aliphatic hydroxyl groups excluding tert-OH is 1. The molecule has 2 aromatic rings. The first-order valence-electron chi connectivity index (χ1n) is 10.5. The topological polar surface area (TPSA) is 90.8 Å². The number of nitrogens with zero attached hydrogens (tertiary/aromatic N) is 4. The average molecular weight is 449 g/mol. The van der Waals surface area contributed by atoms with E-state index in [1.165, 1.54) is 0 Å². The highest BCUT2D eigenvalue weighted by atomic mass is 19.2. The molecule has 8 nitrogen and oxygen atoms in total. The molecule has 0 bridgehead atoms. The Balaban J connectivity index is 1.29. The summed E-state index contributed by atoms with van der Waals surface area (Å²) >= 11 is 0. The first-order chi connectivity index (χ1) is 15.4. The summed E-state index contributed by atoms with van der Waals surface area (Å²) in [7, 11) is 1.73. The Bertz CT molecular complexity index is 1060. The lowest BCUT2D eigenvalue weighted by Crippen LogP contribution is -2.55. The van der Waals surface area contributed by atoms with Crippen molar-refractivity contribution < 1.29 is 27.8 Å². The normalized spacial score (nSPS) is 24.2. The van der Waals surface area contributed by atoms with Gasteiger partial charge in [-0.3, -0.25) is 4.79 Å². The van der Waals surface area contributed by atoms with Crippen LogP contribution in [0, 0.1) is 17.5 Å². The molecule has 0 unspecified atom stereocenters. The van der Waals surface area contributed by atoms with Gasteiger partial charge in [0.1, 0.15) is 23.6 Å². The van der Waals surface area contributed by atoms with Crippen LogP contribution in [0.2, 0.25) is 0 Å². The van der Waals surface area contributed by atoms with E-state index in [1.54, 1.807) is 16.8 Å². The van der Waals surface area contributed by atoms with Gasteiger partial charge in [0.05, 0.1) is 12.3 Å². The predicted molar refractivity (Wildman–Crippen MR) is 109 cm³/mol. The molecule has 1 fully saturated rings. The van der Waals surface area contributed by atoms with E-state index < -0.39 is 23.5 Å². The van der Waals surface area contributed by atoms with Crippen molar-refractivity contribution in [3.8, 4) is 5.75 Å². The van der Waals surface area contributed by atoms with Crippen molar-refractivity contribution in [2.24, 2.45) is 0 Å². The van der Waals surface area contributed by atoms with Crippen molar-refractivity contribution in [1.29, 1.82) is 0 Å². The minimum atomic E-state index is -1.52. The van der Waals surface area contributed by atoms with E-state index in [9.17, 15) is 23.1 Å². The third-order valence-corrected chi connectivity index (χ3v) is 6.22. The summed E-state index contributed by atoms with van der Waals surface area (Å²) < 4.78 is 45.3. The quantitative estimate of drug-likeness (QED) is 0.675. The van der Waals surface area contributed by atoms with Crippen LogP contribution in [-0.2, 0) is 11.2 Å². The molecule has 5 rings (SSSR count). The maximum Gasteiger partial charge on any atom is 0.252 e. The lowest BCUT2D eigenvalue weighted by molar-refractivity contribution is -0.121. The molecule has 0 spiro atoms. The molecular formula is C21H22F3N5O3. The second-order valence-corrected chi connectivity index (χ2v) is 8.32. The molecule has 1 aromatic heterocycles. The number of carbonyl (C=O) groups is 1. The molecule has 1 aromatic carbocycles. The van der Waals surface area contributed by atoms with Crippen molar-refractivity contribution in [2.75, 3.05) is 35.3 Å². The molecular weight excluding hydrogens is 427 g/mol. The lowest BCUT2D eigenvalue weighted by Gasteiger charge is -2.42. The van der Waals surface area contributed by atoms with E-state index in [1.807, 2.05) is 0 Å². The molecule has 3 heterocycles. The molecule has 32 heavy (non-hydrogen) atoms. The van der Waals surface area contributed by atoms with Crippen molar-refractivity contribution >= 4 is 23.4 Å². The second kappa shape index (κ2) is 7.80. The number of aromatic nitrogens is 2. The second-order valence-electron chi connectivity index (χ2n) is 8.32. The molecule has 3 aliphatic rings. The number of amides is 1. The minimum Gasteiger partial charge on any atom is -0.490 e. The van der Waals surface area contributed by atoms with Gasteiger partial charge in [-0.05, 0) is 12.8 Å². The molecule has 2 N–H and O–H groups in total. The van der Waals surface area contributed by atoms with Crippen LogP contribution < -0.4 is 19.9 Å². The SMILES string of the molecule is CN1c2nc(NC3CC(Oc4cc(F)c(F)c(F)c4)C3)nc3c2N(CCC3)C(=O)[C@@H]1CO. The number of halogens is 3. The van der Waals surface area contributed by atoms with Gasteiger partial charge in [-0.15, -0.1) is 0 Å². The van der Waals surface area contributed by atoms with Gasteiger partial charge in [0.2, 0.25) is 5.95 Å². The molecule has 11 heteroatoms. The fourth-order valence-electron chi connectivity index (χ4n) is 4.43. The Hall–Kier alpha value is -3.08. The van der Waals surface area contributed by atoms with E-state index in [4.69, 9.17) is 4.74 Å². The van der Waals surface area contributed by atoms with Crippen molar-refractivity contribution in [2.45, 2.75) is 43.9 Å². The van der Waals surface area contributed by atoms with Gasteiger partial charge in [-0.25, -0.2) is 18.2 Å². The Morgan fingerprint density at radius 3 is 2.62 bits per heavy atom. The van der Waals surface area contributed by atoms with E-state index >= 15 is 0 Å². The zero-order chi connectivity index (χ0) is 22.6. The fraction of sp³-hybridized carbons (Fsp3) is 0.476. The van der Waals surface area contributed by atoms with Crippen LogP contribution in [0.1, 0.15) is 25.0 Å². The van der Waals surface area contributed by atoms with Gasteiger partial charge in [0, 0.05) is 44.6 Å². The van der Waals surface area contributed by atoms with Gasteiger partial charge in [-0.1, -0.05) is 0 Å². The highest BCUT2D eigenvalue weighted by Gasteiger charge is 2.41. The van der Waals surface area contributed by atoms with Crippen LogP contribution >= 0.6 is 0 Å². The molecule has 1 saturated carbocycles. The molecule has 2 aliphatic heterocycles. The van der Waals surface area contributed by atoms with E-state index in [0.717, 1.165) is 30.7 Å². The summed E-state index contributed by atoms with van der Waals surface area (Å²) in [6, 6.07) is 0.965. The zero-order valence-electron chi connectivity index (χ0n) is 17.3. The van der Waals surface area contributed by atoms with Crippen molar-refractivity contribution in [1.82, 2.24) is 9.97 Å². The Labute approximate surface area is 182 Å².